The minimum absolute atomic E-state index is 0. The van der Waals surface area contributed by atoms with Crippen LogP contribution in [-0.4, -0.2) is 63.8 Å². The number of imide groups is 1. The molecule has 1 unspecified atom stereocenters. The van der Waals surface area contributed by atoms with Crippen LogP contribution in [0.25, 0.3) is 0 Å². The van der Waals surface area contributed by atoms with Gasteiger partial charge in [-0.1, -0.05) is 18.9 Å². The third-order valence-corrected chi connectivity index (χ3v) is 6.36. The van der Waals surface area contributed by atoms with Gasteiger partial charge in [0.25, 0.3) is 5.91 Å². The van der Waals surface area contributed by atoms with E-state index in [1.807, 2.05) is 23.1 Å². The number of urea groups is 1. The van der Waals surface area contributed by atoms with Crippen LogP contribution in [0, 0.1) is 0 Å². The zero-order chi connectivity index (χ0) is 20.3. The van der Waals surface area contributed by atoms with Gasteiger partial charge in [-0.3, -0.25) is 19.5 Å². The van der Waals surface area contributed by atoms with Gasteiger partial charge in [0.2, 0.25) is 5.91 Å². The molecule has 2 aliphatic heterocycles. The van der Waals surface area contributed by atoms with E-state index in [1.54, 1.807) is 6.20 Å². The maximum Gasteiger partial charge on any atom is 0.325 e. The summed E-state index contributed by atoms with van der Waals surface area (Å²) < 4.78 is 0. The van der Waals surface area contributed by atoms with Crippen LogP contribution in [0.5, 0.6) is 0 Å². The summed E-state index contributed by atoms with van der Waals surface area (Å²) in [4.78, 5) is 46.0. The third-order valence-electron chi connectivity index (χ3n) is 6.36. The van der Waals surface area contributed by atoms with E-state index in [0.29, 0.717) is 19.4 Å². The van der Waals surface area contributed by atoms with Gasteiger partial charge in [0.05, 0.1) is 12.2 Å². The van der Waals surface area contributed by atoms with E-state index >= 15 is 0 Å². The van der Waals surface area contributed by atoms with E-state index in [4.69, 9.17) is 0 Å². The predicted octanol–water partition coefficient (Wildman–Crippen LogP) is 1.84. The lowest BCUT2D eigenvalue weighted by atomic mass is 9.98. The summed E-state index contributed by atoms with van der Waals surface area (Å²) in [5.41, 5.74) is 0.0256. The molecule has 0 radical (unpaired) electrons. The van der Waals surface area contributed by atoms with Gasteiger partial charge in [0.15, 0.2) is 0 Å². The van der Waals surface area contributed by atoms with Crippen molar-refractivity contribution >= 4 is 30.3 Å². The molecule has 1 aliphatic carbocycles. The molecule has 3 aliphatic rings. The van der Waals surface area contributed by atoms with Gasteiger partial charge in [0.1, 0.15) is 12.1 Å². The monoisotopic (exact) mass is 435 g/mol. The number of carbonyl (C=O) groups excluding carboxylic acids is 3. The first-order chi connectivity index (χ1) is 14.1. The molecule has 2 N–H and O–H groups in total. The molecule has 30 heavy (non-hydrogen) atoms. The number of amides is 4. The molecule has 4 amide bonds. The Bertz CT molecular complexity index is 761. The molecule has 3 heterocycles. The molecule has 1 aromatic heterocycles. The molecule has 3 fully saturated rings. The van der Waals surface area contributed by atoms with E-state index in [2.05, 4.69) is 15.6 Å². The Labute approximate surface area is 183 Å². The zero-order valence-corrected chi connectivity index (χ0v) is 18.0. The van der Waals surface area contributed by atoms with Crippen LogP contribution in [0.3, 0.4) is 0 Å². The molecule has 0 aromatic carbocycles. The van der Waals surface area contributed by atoms with Crippen molar-refractivity contribution in [1.82, 2.24) is 25.4 Å². The molecule has 1 atom stereocenters. The Hall–Kier alpha value is -2.19. The molecule has 1 aromatic rings. The number of rotatable bonds is 5. The van der Waals surface area contributed by atoms with Crippen molar-refractivity contribution in [2.24, 2.45) is 0 Å². The van der Waals surface area contributed by atoms with Gasteiger partial charge in [-0.2, -0.15) is 0 Å². The van der Waals surface area contributed by atoms with Gasteiger partial charge < -0.3 is 15.5 Å². The Balaban J connectivity index is 0.00000256. The van der Waals surface area contributed by atoms with Gasteiger partial charge in [-0.05, 0) is 57.3 Å². The van der Waals surface area contributed by atoms with Crippen molar-refractivity contribution in [3.63, 3.8) is 0 Å². The second-order valence-electron chi connectivity index (χ2n) is 8.29. The molecule has 1 spiro atoms. The van der Waals surface area contributed by atoms with Crippen LogP contribution in [-0.2, 0) is 16.1 Å². The van der Waals surface area contributed by atoms with Crippen molar-refractivity contribution in [2.75, 3.05) is 19.6 Å². The van der Waals surface area contributed by atoms with Gasteiger partial charge in [-0.15, -0.1) is 12.4 Å². The van der Waals surface area contributed by atoms with Crippen LogP contribution in [0.1, 0.15) is 50.6 Å². The molecule has 1 saturated carbocycles. The largest absolute Gasteiger partial charge is 0.332 e. The highest BCUT2D eigenvalue weighted by Gasteiger charge is 2.53. The first kappa shape index (κ1) is 22.5. The highest BCUT2D eigenvalue weighted by Crippen LogP contribution is 2.35. The molecular formula is C21H30ClN5O3. The van der Waals surface area contributed by atoms with Crippen molar-refractivity contribution in [3.05, 3.63) is 30.1 Å². The minimum atomic E-state index is -0.782. The highest BCUT2D eigenvalue weighted by molar-refractivity contribution is 6.09. The number of nitrogens with one attached hydrogen (secondary N) is 2. The summed E-state index contributed by atoms with van der Waals surface area (Å²) in [7, 11) is 0. The van der Waals surface area contributed by atoms with Crippen LogP contribution in [0.15, 0.2) is 24.4 Å². The second kappa shape index (κ2) is 9.75. The molecule has 9 heteroatoms. The number of hydrogen-bond acceptors (Lipinski definition) is 5. The average molecular weight is 436 g/mol. The number of nitrogens with zero attached hydrogens (tertiary/aromatic N) is 3. The van der Waals surface area contributed by atoms with Crippen molar-refractivity contribution in [1.29, 1.82) is 0 Å². The lowest BCUT2D eigenvalue weighted by Gasteiger charge is -2.32. The summed E-state index contributed by atoms with van der Waals surface area (Å²) in [5.74, 6) is -0.435. The Morgan fingerprint density at radius 3 is 2.70 bits per heavy atom. The third kappa shape index (κ3) is 4.59. The lowest BCUT2D eigenvalue weighted by molar-refractivity contribution is -0.141. The van der Waals surface area contributed by atoms with Crippen molar-refractivity contribution < 1.29 is 14.4 Å². The lowest BCUT2D eigenvalue weighted by Crippen LogP contribution is -2.48. The predicted molar refractivity (Wildman–Crippen MR) is 114 cm³/mol. The minimum Gasteiger partial charge on any atom is -0.332 e. The zero-order valence-electron chi connectivity index (χ0n) is 17.1. The first-order valence-corrected chi connectivity index (χ1v) is 10.6. The number of halogens is 1. The summed E-state index contributed by atoms with van der Waals surface area (Å²) in [6.45, 7) is 1.98. The average Bonchev–Trinajstić information content (AvgIpc) is 3.15. The van der Waals surface area contributed by atoms with Crippen LogP contribution in [0.2, 0.25) is 0 Å². The summed E-state index contributed by atoms with van der Waals surface area (Å²) in [6, 6.07) is 5.28. The van der Waals surface area contributed by atoms with Crippen molar-refractivity contribution in [2.45, 2.75) is 63.1 Å². The fraction of sp³-hybridized carbons (Fsp3) is 0.619. The SMILES string of the molecule is Cl.O=C1NC2(CCCC2)C(=O)N1CC(=O)N(Cc1ccccn1)C1CCCNCC1. The van der Waals surface area contributed by atoms with Gasteiger partial charge >= 0.3 is 6.03 Å². The summed E-state index contributed by atoms with van der Waals surface area (Å²) in [5, 5.41) is 6.23. The standard InChI is InChI=1S/C21H29N5O3.ClH/c27-18(15-26-19(28)21(24-20(26)29)9-2-3-10-21)25(14-16-6-1-4-12-23-16)17-7-5-11-22-13-8-17;/h1,4,6,12,17,22H,2-3,5,7-11,13-15H2,(H,24,29);1H. The van der Waals surface area contributed by atoms with E-state index in [9.17, 15) is 14.4 Å². The Kier molecular flexibility index (Phi) is 7.31. The Morgan fingerprint density at radius 1 is 1.17 bits per heavy atom. The number of carbonyl (C=O) groups is 3. The van der Waals surface area contributed by atoms with Crippen molar-refractivity contribution in [3.8, 4) is 0 Å². The van der Waals surface area contributed by atoms with E-state index in [1.165, 1.54) is 0 Å². The molecule has 2 saturated heterocycles. The number of pyridine rings is 1. The fourth-order valence-electron chi connectivity index (χ4n) is 4.76. The molecule has 4 rings (SSSR count). The second-order valence-corrected chi connectivity index (χ2v) is 8.29. The number of hydrogen-bond donors (Lipinski definition) is 2. The molecule has 164 valence electrons. The Morgan fingerprint density at radius 2 is 1.97 bits per heavy atom. The van der Waals surface area contributed by atoms with Crippen LogP contribution < -0.4 is 10.6 Å². The normalized spacial score (nSPS) is 23.1. The van der Waals surface area contributed by atoms with Crippen LogP contribution in [0.4, 0.5) is 4.79 Å². The summed E-state index contributed by atoms with van der Waals surface area (Å²) in [6.07, 6.45) is 7.63. The topological polar surface area (TPSA) is 94.6 Å². The maximum absolute atomic E-state index is 13.3. The van der Waals surface area contributed by atoms with Gasteiger partial charge in [0, 0.05) is 12.2 Å². The first-order valence-electron chi connectivity index (χ1n) is 10.6. The molecule has 0 bridgehead atoms. The highest BCUT2D eigenvalue weighted by atomic mass is 35.5. The fourth-order valence-corrected chi connectivity index (χ4v) is 4.76. The van der Waals surface area contributed by atoms with E-state index in [-0.39, 0.29) is 36.8 Å². The van der Waals surface area contributed by atoms with Crippen LogP contribution >= 0.6 is 12.4 Å². The van der Waals surface area contributed by atoms with Gasteiger partial charge in [-0.25, -0.2) is 4.79 Å². The van der Waals surface area contributed by atoms with E-state index < -0.39 is 11.6 Å². The van der Waals surface area contributed by atoms with E-state index in [0.717, 1.165) is 55.8 Å². The molecule has 8 nitrogen and oxygen atoms in total. The smallest absolute Gasteiger partial charge is 0.325 e. The summed E-state index contributed by atoms with van der Waals surface area (Å²) >= 11 is 0. The number of aromatic nitrogens is 1. The molecular weight excluding hydrogens is 406 g/mol. The maximum atomic E-state index is 13.3. The quantitative estimate of drug-likeness (QED) is 0.688.